The maximum atomic E-state index is 11.8. The predicted octanol–water partition coefficient (Wildman–Crippen LogP) is 3.77. The fourth-order valence-electron chi connectivity index (χ4n) is 2.31. The quantitative estimate of drug-likeness (QED) is 0.624. The lowest BCUT2D eigenvalue weighted by atomic mass is 10.1. The van der Waals surface area contributed by atoms with Crippen LogP contribution in [0.4, 0.5) is 0 Å². The number of carbonyl (C=O) groups excluding carboxylic acids is 1. The summed E-state index contributed by atoms with van der Waals surface area (Å²) in [6.07, 6.45) is 5.17. The summed E-state index contributed by atoms with van der Waals surface area (Å²) in [6, 6.07) is 16.0. The highest BCUT2D eigenvalue weighted by Crippen LogP contribution is 2.18. The molecule has 1 N–H and O–H groups in total. The summed E-state index contributed by atoms with van der Waals surface area (Å²) < 4.78 is 5.32. The van der Waals surface area contributed by atoms with Crippen LogP contribution in [-0.2, 0) is 11.2 Å². The first-order chi connectivity index (χ1) is 11.2. The third-order valence-electron chi connectivity index (χ3n) is 3.62. The molecule has 0 saturated heterocycles. The Labute approximate surface area is 138 Å². The fraction of sp³-hybridized carbons (Fsp3) is 0.250. The van der Waals surface area contributed by atoms with Crippen molar-refractivity contribution in [1.29, 1.82) is 0 Å². The highest BCUT2D eigenvalue weighted by molar-refractivity contribution is 5.91. The van der Waals surface area contributed by atoms with E-state index in [0.717, 1.165) is 24.2 Å². The molecule has 0 atom stereocenters. The monoisotopic (exact) mass is 309 g/mol. The van der Waals surface area contributed by atoms with Gasteiger partial charge in [0.25, 0.3) is 0 Å². The Morgan fingerprint density at radius 2 is 1.87 bits per heavy atom. The SMILES string of the molecule is COc1ccccc1CCCNC(=O)/C=C/c1ccc(C)cc1. The summed E-state index contributed by atoms with van der Waals surface area (Å²) in [4.78, 5) is 11.8. The zero-order valence-corrected chi connectivity index (χ0v) is 13.7. The van der Waals surface area contributed by atoms with Gasteiger partial charge in [-0.25, -0.2) is 0 Å². The Balaban J connectivity index is 1.73. The molecule has 2 rings (SSSR count). The van der Waals surface area contributed by atoms with Crippen molar-refractivity contribution in [1.82, 2.24) is 5.32 Å². The van der Waals surface area contributed by atoms with Gasteiger partial charge in [0.05, 0.1) is 7.11 Å². The van der Waals surface area contributed by atoms with Crippen molar-refractivity contribution >= 4 is 12.0 Å². The molecule has 0 bridgehead atoms. The number of amides is 1. The first kappa shape index (κ1) is 16.8. The molecule has 3 heteroatoms. The van der Waals surface area contributed by atoms with Gasteiger partial charge in [-0.15, -0.1) is 0 Å². The van der Waals surface area contributed by atoms with E-state index in [2.05, 4.69) is 11.4 Å². The Morgan fingerprint density at radius 1 is 1.13 bits per heavy atom. The zero-order valence-electron chi connectivity index (χ0n) is 13.7. The van der Waals surface area contributed by atoms with Crippen LogP contribution in [0.25, 0.3) is 6.08 Å². The van der Waals surface area contributed by atoms with Gasteiger partial charge in [0.15, 0.2) is 0 Å². The largest absolute Gasteiger partial charge is 0.496 e. The summed E-state index contributed by atoms with van der Waals surface area (Å²) in [6.45, 7) is 2.69. The van der Waals surface area contributed by atoms with Crippen LogP contribution >= 0.6 is 0 Å². The molecule has 2 aromatic rings. The highest BCUT2D eigenvalue weighted by atomic mass is 16.5. The van der Waals surface area contributed by atoms with Gasteiger partial charge >= 0.3 is 0 Å². The molecule has 0 unspecified atom stereocenters. The standard InChI is InChI=1S/C20H23NO2/c1-16-9-11-17(12-10-16)13-14-20(22)21-15-5-7-18-6-3-4-8-19(18)23-2/h3-4,6,8-14H,5,7,15H2,1-2H3,(H,21,22)/b14-13+. The molecule has 0 radical (unpaired) electrons. The molecule has 120 valence electrons. The topological polar surface area (TPSA) is 38.3 Å². The highest BCUT2D eigenvalue weighted by Gasteiger charge is 2.01. The van der Waals surface area contributed by atoms with Gasteiger partial charge in [-0.1, -0.05) is 48.0 Å². The number of methoxy groups -OCH3 is 1. The number of aryl methyl sites for hydroxylation is 2. The lowest BCUT2D eigenvalue weighted by Crippen LogP contribution is -2.22. The van der Waals surface area contributed by atoms with Crippen LogP contribution in [0.5, 0.6) is 5.75 Å². The maximum Gasteiger partial charge on any atom is 0.243 e. The van der Waals surface area contributed by atoms with E-state index in [0.29, 0.717) is 6.54 Å². The third kappa shape index (κ3) is 5.62. The van der Waals surface area contributed by atoms with Gasteiger partial charge in [-0.05, 0) is 43.0 Å². The smallest absolute Gasteiger partial charge is 0.243 e. The van der Waals surface area contributed by atoms with Gasteiger partial charge < -0.3 is 10.1 Å². The van der Waals surface area contributed by atoms with Crippen molar-refractivity contribution in [2.24, 2.45) is 0 Å². The molecule has 0 spiro atoms. The van der Waals surface area contributed by atoms with Crippen molar-refractivity contribution in [3.05, 3.63) is 71.3 Å². The third-order valence-corrected chi connectivity index (χ3v) is 3.62. The lowest BCUT2D eigenvalue weighted by Gasteiger charge is -2.08. The molecule has 0 aliphatic heterocycles. The summed E-state index contributed by atoms with van der Waals surface area (Å²) in [5, 5.41) is 2.91. The van der Waals surface area contributed by atoms with Crippen LogP contribution in [0.2, 0.25) is 0 Å². The Bertz CT molecular complexity index is 660. The Hall–Kier alpha value is -2.55. The predicted molar refractivity (Wildman–Crippen MR) is 94.5 cm³/mol. The Kier molecular flexibility index (Phi) is 6.42. The van der Waals surface area contributed by atoms with Crippen LogP contribution in [0.3, 0.4) is 0 Å². The number of para-hydroxylation sites is 1. The van der Waals surface area contributed by atoms with Crippen LogP contribution < -0.4 is 10.1 Å². The van der Waals surface area contributed by atoms with Crippen molar-refractivity contribution in [3.8, 4) is 5.75 Å². The van der Waals surface area contributed by atoms with E-state index in [1.54, 1.807) is 13.2 Å². The minimum Gasteiger partial charge on any atom is -0.496 e. The molecule has 2 aromatic carbocycles. The van der Waals surface area contributed by atoms with Gasteiger partial charge in [0.1, 0.15) is 5.75 Å². The normalized spacial score (nSPS) is 10.7. The number of hydrogen-bond acceptors (Lipinski definition) is 2. The molecule has 0 aliphatic carbocycles. The van der Waals surface area contributed by atoms with Crippen molar-refractivity contribution in [2.45, 2.75) is 19.8 Å². The number of carbonyl (C=O) groups is 1. The summed E-state index contributed by atoms with van der Waals surface area (Å²) >= 11 is 0. The average Bonchev–Trinajstić information content (AvgIpc) is 2.58. The van der Waals surface area contributed by atoms with Crippen molar-refractivity contribution < 1.29 is 9.53 Å². The molecule has 0 heterocycles. The minimum absolute atomic E-state index is 0.0643. The average molecular weight is 309 g/mol. The number of hydrogen-bond donors (Lipinski definition) is 1. The van der Waals surface area contributed by atoms with E-state index in [4.69, 9.17) is 4.74 Å². The molecular weight excluding hydrogens is 286 g/mol. The van der Waals surface area contributed by atoms with E-state index in [1.165, 1.54) is 11.1 Å². The van der Waals surface area contributed by atoms with Gasteiger partial charge in [-0.3, -0.25) is 4.79 Å². The number of nitrogens with one attached hydrogen (secondary N) is 1. The van der Waals surface area contributed by atoms with Gasteiger partial charge in [0.2, 0.25) is 5.91 Å². The van der Waals surface area contributed by atoms with Crippen LogP contribution in [0.1, 0.15) is 23.1 Å². The lowest BCUT2D eigenvalue weighted by molar-refractivity contribution is -0.116. The van der Waals surface area contributed by atoms with E-state index < -0.39 is 0 Å². The second kappa shape index (κ2) is 8.79. The van der Waals surface area contributed by atoms with Gasteiger partial charge in [-0.2, -0.15) is 0 Å². The maximum absolute atomic E-state index is 11.8. The summed E-state index contributed by atoms with van der Waals surface area (Å²) in [7, 11) is 1.68. The summed E-state index contributed by atoms with van der Waals surface area (Å²) in [5.74, 6) is 0.837. The summed E-state index contributed by atoms with van der Waals surface area (Å²) in [5.41, 5.74) is 3.40. The second-order valence-corrected chi connectivity index (χ2v) is 5.45. The number of ether oxygens (including phenoxy) is 1. The first-order valence-corrected chi connectivity index (χ1v) is 7.83. The molecule has 0 fully saturated rings. The van der Waals surface area contributed by atoms with E-state index in [1.807, 2.05) is 55.5 Å². The van der Waals surface area contributed by atoms with Gasteiger partial charge in [0, 0.05) is 12.6 Å². The molecule has 1 amide bonds. The zero-order chi connectivity index (χ0) is 16.5. The van der Waals surface area contributed by atoms with Crippen LogP contribution in [0, 0.1) is 6.92 Å². The van der Waals surface area contributed by atoms with Crippen molar-refractivity contribution in [3.63, 3.8) is 0 Å². The number of benzene rings is 2. The van der Waals surface area contributed by atoms with E-state index in [9.17, 15) is 4.79 Å². The van der Waals surface area contributed by atoms with Crippen LogP contribution in [-0.4, -0.2) is 19.6 Å². The molecule has 0 saturated carbocycles. The molecule has 23 heavy (non-hydrogen) atoms. The minimum atomic E-state index is -0.0643. The molecule has 3 nitrogen and oxygen atoms in total. The van der Waals surface area contributed by atoms with E-state index >= 15 is 0 Å². The number of rotatable bonds is 7. The van der Waals surface area contributed by atoms with E-state index in [-0.39, 0.29) is 5.91 Å². The van der Waals surface area contributed by atoms with Crippen LogP contribution in [0.15, 0.2) is 54.6 Å². The van der Waals surface area contributed by atoms with Crippen molar-refractivity contribution in [2.75, 3.05) is 13.7 Å². The first-order valence-electron chi connectivity index (χ1n) is 7.83. The molecule has 0 aromatic heterocycles. The second-order valence-electron chi connectivity index (χ2n) is 5.45. The molecule has 0 aliphatic rings. The molecular formula is C20H23NO2. The Morgan fingerprint density at radius 3 is 2.61 bits per heavy atom. The fourth-order valence-corrected chi connectivity index (χ4v) is 2.31.